The highest BCUT2D eigenvalue weighted by molar-refractivity contribution is 5.92. The number of nitrogens with zero attached hydrogens (tertiary/aromatic N) is 3. The third-order valence-electron chi connectivity index (χ3n) is 2.95. The van der Waals surface area contributed by atoms with Crippen LogP contribution in [0.2, 0.25) is 0 Å². The van der Waals surface area contributed by atoms with E-state index in [0.29, 0.717) is 12.4 Å². The summed E-state index contributed by atoms with van der Waals surface area (Å²) in [5.74, 6) is 0.312. The van der Waals surface area contributed by atoms with Gasteiger partial charge in [-0.05, 0) is 24.3 Å². The minimum atomic E-state index is -0.269. The molecule has 6 nitrogen and oxygen atoms in total. The van der Waals surface area contributed by atoms with E-state index in [1.54, 1.807) is 6.08 Å². The first-order valence-electron chi connectivity index (χ1n) is 6.85. The average molecular weight is 297 g/mol. The molecule has 1 aromatic heterocycles. The van der Waals surface area contributed by atoms with Gasteiger partial charge in [0.05, 0.1) is 12.4 Å². The van der Waals surface area contributed by atoms with Crippen LogP contribution in [0.25, 0.3) is 0 Å². The van der Waals surface area contributed by atoms with Crippen LogP contribution in [0.5, 0.6) is 0 Å². The van der Waals surface area contributed by atoms with Crippen LogP contribution in [0.3, 0.4) is 0 Å². The van der Waals surface area contributed by atoms with Gasteiger partial charge in [0.25, 0.3) is 5.91 Å². The number of rotatable bonds is 6. The summed E-state index contributed by atoms with van der Waals surface area (Å²) in [5, 5.41) is 5.79. The Labute approximate surface area is 129 Å². The number of carbonyl (C=O) groups excluding carboxylic acids is 1. The van der Waals surface area contributed by atoms with Crippen molar-refractivity contribution in [1.29, 1.82) is 0 Å². The summed E-state index contributed by atoms with van der Waals surface area (Å²) in [4.78, 5) is 22.0. The third-order valence-corrected chi connectivity index (χ3v) is 2.95. The van der Waals surface area contributed by atoms with Crippen LogP contribution in [-0.2, 0) is 0 Å². The lowest BCUT2D eigenvalue weighted by Gasteiger charge is -2.13. The predicted octanol–water partition coefficient (Wildman–Crippen LogP) is 2.20. The van der Waals surface area contributed by atoms with Crippen molar-refractivity contribution in [3.8, 4) is 0 Å². The molecule has 1 heterocycles. The fourth-order valence-electron chi connectivity index (χ4n) is 1.76. The van der Waals surface area contributed by atoms with E-state index >= 15 is 0 Å². The number of hydrogen-bond acceptors (Lipinski definition) is 5. The van der Waals surface area contributed by atoms with E-state index in [1.807, 2.05) is 43.3 Å². The zero-order chi connectivity index (χ0) is 15.9. The smallest absolute Gasteiger partial charge is 0.271 e. The van der Waals surface area contributed by atoms with Crippen molar-refractivity contribution in [2.75, 3.05) is 30.9 Å². The van der Waals surface area contributed by atoms with Crippen molar-refractivity contribution in [3.63, 3.8) is 0 Å². The Morgan fingerprint density at radius 3 is 2.50 bits per heavy atom. The van der Waals surface area contributed by atoms with Crippen LogP contribution in [-0.4, -0.2) is 36.5 Å². The fraction of sp³-hybridized carbons (Fsp3) is 0.188. The number of nitrogens with one attached hydrogen (secondary N) is 2. The van der Waals surface area contributed by atoms with Gasteiger partial charge in [0, 0.05) is 32.0 Å². The molecule has 2 N–H and O–H groups in total. The lowest BCUT2D eigenvalue weighted by molar-refractivity contribution is 0.0952. The van der Waals surface area contributed by atoms with E-state index < -0.39 is 0 Å². The topological polar surface area (TPSA) is 70.2 Å². The molecule has 6 heteroatoms. The largest absolute Gasteiger partial charge is 0.378 e. The van der Waals surface area contributed by atoms with E-state index in [-0.39, 0.29) is 11.6 Å². The van der Waals surface area contributed by atoms with E-state index in [0.717, 1.165) is 11.4 Å². The lowest BCUT2D eigenvalue weighted by atomic mass is 10.2. The van der Waals surface area contributed by atoms with Crippen LogP contribution < -0.4 is 15.5 Å². The van der Waals surface area contributed by atoms with Crippen molar-refractivity contribution in [3.05, 3.63) is 55.0 Å². The second-order valence-corrected chi connectivity index (χ2v) is 4.85. The first kappa shape index (κ1) is 15.5. The van der Waals surface area contributed by atoms with E-state index in [9.17, 15) is 4.79 Å². The molecule has 0 saturated heterocycles. The zero-order valence-electron chi connectivity index (χ0n) is 12.7. The SMILES string of the molecule is C=CCNC(=O)c1cnc(Nc2ccc(N(C)C)cc2)cn1. The van der Waals surface area contributed by atoms with Crippen molar-refractivity contribution < 1.29 is 4.79 Å². The molecule has 0 atom stereocenters. The predicted molar refractivity (Wildman–Crippen MR) is 88.6 cm³/mol. The summed E-state index contributed by atoms with van der Waals surface area (Å²) >= 11 is 0. The zero-order valence-corrected chi connectivity index (χ0v) is 12.7. The number of carbonyl (C=O) groups is 1. The Balaban J connectivity index is 2.01. The van der Waals surface area contributed by atoms with Gasteiger partial charge in [-0.1, -0.05) is 6.08 Å². The Morgan fingerprint density at radius 2 is 1.95 bits per heavy atom. The first-order chi connectivity index (χ1) is 10.6. The molecule has 0 aliphatic heterocycles. The van der Waals surface area contributed by atoms with Crippen molar-refractivity contribution in [2.24, 2.45) is 0 Å². The molecule has 114 valence electrons. The number of aromatic nitrogens is 2. The highest BCUT2D eigenvalue weighted by Gasteiger charge is 2.06. The molecule has 1 amide bonds. The van der Waals surface area contributed by atoms with Crippen LogP contribution in [0.4, 0.5) is 17.2 Å². The minimum absolute atomic E-state index is 0.269. The highest BCUT2D eigenvalue weighted by Crippen LogP contribution is 2.18. The van der Waals surface area contributed by atoms with Gasteiger partial charge in [0.1, 0.15) is 11.5 Å². The molecular formula is C16H19N5O. The Kier molecular flexibility index (Phi) is 5.08. The second kappa shape index (κ2) is 7.21. The molecule has 2 aromatic rings. The number of anilines is 3. The second-order valence-electron chi connectivity index (χ2n) is 4.85. The lowest BCUT2D eigenvalue weighted by Crippen LogP contribution is -2.24. The summed E-state index contributed by atoms with van der Waals surface area (Å²) < 4.78 is 0. The summed E-state index contributed by atoms with van der Waals surface area (Å²) in [7, 11) is 3.98. The molecule has 22 heavy (non-hydrogen) atoms. The normalized spacial score (nSPS) is 9.91. The van der Waals surface area contributed by atoms with Crippen LogP contribution in [0, 0.1) is 0 Å². The fourth-order valence-corrected chi connectivity index (χ4v) is 1.76. The van der Waals surface area contributed by atoms with Gasteiger partial charge in [-0.3, -0.25) is 4.79 Å². The third kappa shape index (κ3) is 4.05. The molecule has 0 bridgehead atoms. The Morgan fingerprint density at radius 1 is 1.23 bits per heavy atom. The van der Waals surface area contributed by atoms with E-state index in [1.165, 1.54) is 12.4 Å². The summed E-state index contributed by atoms with van der Waals surface area (Å²) in [6, 6.07) is 7.93. The Bertz CT molecular complexity index is 635. The maximum Gasteiger partial charge on any atom is 0.271 e. The molecular weight excluding hydrogens is 278 g/mol. The summed E-state index contributed by atoms with van der Waals surface area (Å²) in [6.07, 6.45) is 4.58. The van der Waals surface area contributed by atoms with Crippen molar-refractivity contribution in [2.45, 2.75) is 0 Å². The quantitative estimate of drug-likeness (QED) is 0.800. The first-order valence-corrected chi connectivity index (χ1v) is 6.85. The standard InChI is InChI=1S/C16H19N5O/c1-4-9-17-16(22)14-10-19-15(11-18-14)20-12-5-7-13(8-6-12)21(2)3/h4-8,10-11H,1,9H2,2-3H3,(H,17,22)(H,19,20). The van der Waals surface area contributed by atoms with E-state index in [4.69, 9.17) is 0 Å². The van der Waals surface area contributed by atoms with Crippen molar-refractivity contribution >= 4 is 23.1 Å². The van der Waals surface area contributed by atoms with E-state index in [2.05, 4.69) is 27.2 Å². The van der Waals surface area contributed by atoms with Gasteiger partial charge in [-0.15, -0.1) is 6.58 Å². The Hall–Kier alpha value is -2.89. The van der Waals surface area contributed by atoms with Crippen LogP contribution in [0.15, 0.2) is 49.3 Å². The molecule has 0 spiro atoms. The van der Waals surface area contributed by atoms with Crippen molar-refractivity contribution in [1.82, 2.24) is 15.3 Å². The number of hydrogen-bond donors (Lipinski definition) is 2. The highest BCUT2D eigenvalue weighted by atomic mass is 16.1. The molecule has 0 unspecified atom stereocenters. The van der Waals surface area contributed by atoms with Gasteiger partial charge in [0.15, 0.2) is 0 Å². The summed E-state index contributed by atoms with van der Waals surface area (Å²) in [6.45, 7) is 3.94. The molecule has 2 rings (SSSR count). The van der Waals surface area contributed by atoms with Gasteiger partial charge in [0.2, 0.25) is 0 Å². The van der Waals surface area contributed by atoms with Crippen LogP contribution in [0.1, 0.15) is 10.5 Å². The molecule has 0 aliphatic carbocycles. The average Bonchev–Trinajstić information content (AvgIpc) is 2.54. The maximum atomic E-state index is 11.7. The summed E-state index contributed by atoms with van der Waals surface area (Å²) in [5.41, 5.74) is 2.30. The molecule has 0 saturated carbocycles. The van der Waals surface area contributed by atoms with Crippen LogP contribution >= 0.6 is 0 Å². The molecule has 1 aromatic carbocycles. The van der Waals surface area contributed by atoms with Gasteiger partial charge < -0.3 is 15.5 Å². The molecule has 0 fully saturated rings. The van der Waals surface area contributed by atoms with Gasteiger partial charge >= 0.3 is 0 Å². The minimum Gasteiger partial charge on any atom is -0.378 e. The number of amides is 1. The molecule has 0 radical (unpaired) electrons. The van der Waals surface area contributed by atoms with Gasteiger partial charge in [-0.25, -0.2) is 9.97 Å². The van der Waals surface area contributed by atoms with Gasteiger partial charge in [-0.2, -0.15) is 0 Å². The number of benzene rings is 1. The maximum absolute atomic E-state index is 11.7. The molecule has 0 aliphatic rings. The monoisotopic (exact) mass is 297 g/mol.